The Labute approximate surface area is 238 Å². The predicted molar refractivity (Wildman–Crippen MR) is 156 cm³/mol. The molecule has 1 spiro atoms. The van der Waals surface area contributed by atoms with Crippen LogP contribution in [0.5, 0.6) is 11.5 Å². The van der Waals surface area contributed by atoms with Crippen LogP contribution in [0.4, 0.5) is 4.79 Å². The lowest BCUT2D eigenvalue weighted by molar-refractivity contribution is -0.132. The predicted octanol–water partition coefficient (Wildman–Crippen LogP) is 5.42. The molecule has 1 aromatic carbocycles. The first-order chi connectivity index (χ1) is 19.2. The molecule has 4 rings (SSSR count). The van der Waals surface area contributed by atoms with Crippen LogP contribution in [0.15, 0.2) is 59.9 Å². The molecule has 0 saturated carbocycles. The van der Waals surface area contributed by atoms with Crippen LogP contribution < -0.4 is 9.47 Å². The normalized spacial score (nSPS) is 20.6. The van der Waals surface area contributed by atoms with E-state index in [1.165, 1.54) is 0 Å². The lowest BCUT2D eigenvalue weighted by Gasteiger charge is -2.44. The maximum absolute atomic E-state index is 14.0. The number of nitrogens with zero attached hydrogens (tertiary/aromatic N) is 3. The third-order valence-corrected chi connectivity index (χ3v) is 8.43. The van der Waals surface area contributed by atoms with Crippen molar-refractivity contribution in [2.45, 2.75) is 58.0 Å². The molecule has 0 aromatic heterocycles. The second-order valence-electron chi connectivity index (χ2n) is 10.9. The summed E-state index contributed by atoms with van der Waals surface area (Å²) >= 11 is 0. The lowest BCUT2D eigenvalue weighted by Crippen LogP contribution is -2.55. The summed E-state index contributed by atoms with van der Waals surface area (Å²) in [6.07, 6.45) is 9.74. The molecule has 1 atom stereocenters. The van der Waals surface area contributed by atoms with Gasteiger partial charge in [0.1, 0.15) is 11.5 Å². The van der Waals surface area contributed by atoms with E-state index in [0.717, 1.165) is 33.7 Å². The molecule has 1 aromatic rings. The van der Waals surface area contributed by atoms with Gasteiger partial charge in [0.2, 0.25) is 5.91 Å². The van der Waals surface area contributed by atoms with E-state index in [2.05, 4.69) is 19.6 Å². The first kappa shape index (κ1) is 29.5. The van der Waals surface area contributed by atoms with Crippen LogP contribution in [0.2, 0.25) is 0 Å². The molecule has 3 amide bonds. The Kier molecular flexibility index (Phi) is 9.08. The molecule has 0 N–H and O–H groups in total. The minimum atomic E-state index is -0.490. The zero-order valence-electron chi connectivity index (χ0n) is 24.8. The molecular formula is C32H43N3O5. The van der Waals surface area contributed by atoms with E-state index in [1.807, 2.05) is 52.8 Å². The highest BCUT2D eigenvalue weighted by molar-refractivity contribution is 5.83. The summed E-state index contributed by atoms with van der Waals surface area (Å²) in [7, 11) is 4.96. The van der Waals surface area contributed by atoms with Gasteiger partial charge in [-0.15, -0.1) is 0 Å². The van der Waals surface area contributed by atoms with Gasteiger partial charge in [-0.2, -0.15) is 0 Å². The molecule has 0 radical (unpaired) electrons. The van der Waals surface area contributed by atoms with Crippen molar-refractivity contribution < 1.29 is 23.8 Å². The molecule has 8 nitrogen and oxygen atoms in total. The highest BCUT2D eigenvalue weighted by Crippen LogP contribution is 2.49. The Bertz CT molecular complexity index is 1240. The van der Waals surface area contributed by atoms with Gasteiger partial charge in [0, 0.05) is 56.4 Å². The van der Waals surface area contributed by atoms with Gasteiger partial charge in [0.05, 0.1) is 32.9 Å². The first-order valence-electron chi connectivity index (χ1n) is 14.0. The molecule has 0 unspecified atom stereocenters. The van der Waals surface area contributed by atoms with E-state index < -0.39 is 5.54 Å². The third kappa shape index (κ3) is 5.55. The van der Waals surface area contributed by atoms with Crippen LogP contribution in [0.1, 0.15) is 57.1 Å². The lowest BCUT2D eigenvalue weighted by atomic mass is 9.82. The number of carbonyl (C=O) groups excluding carboxylic acids is 2. The van der Waals surface area contributed by atoms with Gasteiger partial charge in [-0.05, 0) is 38.3 Å². The highest BCUT2D eigenvalue weighted by atomic mass is 16.5. The molecule has 3 aliphatic heterocycles. The molecule has 3 aliphatic rings. The molecule has 3 heterocycles. The summed E-state index contributed by atoms with van der Waals surface area (Å²) in [5.74, 6) is 1.60. The highest BCUT2D eigenvalue weighted by Gasteiger charge is 2.55. The van der Waals surface area contributed by atoms with Crippen LogP contribution in [-0.4, -0.2) is 79.7 Å². The van der Waals surface area contributed by atoms with Crippen LogP contribution in [0.25, 0.3) is 0 Å². The Morgan fingerprint density at radius 3 is 2.48 bits per heavy atom. The number of carbonyl (C=O) groups is 2. The van der Waals surface area contributed by atoms with E-state index in [1.54, 1.807) is 27.4 Å². The zero-order valence-corrected chi connectivity index (χ0v) is 24.8. The summed E-state index contributed by atoms with van der Waals surface area (Å²) < 4.78 is 16.7. The summed E-state index contributed by atoms with van der Waals surface area (Å²) in [4.78, 5) is 33.0. The number of fused-ring (bicyclic) bond motifs is 3. The van der Waals surface area contributed by atoms with Gasteiger partial charge in [0.15, 0.2) is 0 Å². The maximum Gasteiger partial charge on any atom is 0.325 e. The van der Waals surface area contributed by atoms with Crippen molar-refractivity contribution >= 4 is 11.9 Å². The molecule has 8 heteroatoms. The second-order valence-corrected chi connectivity index (χ2v) is 10.9. The van der Waals surface area contributed by atoms with Crippen molar-refractivity contribution in [2.75, 3.05) is 47.6 Å². The Morgan fingerprint density at radius 2 is 1.85 bits per heavy atom. The Morgan fingerprint density at radius 1 is 1.12 bits per heavy atom. The number of hydrogen-bond acceptors (Lipinski definition) is 5. The average Bonchev–Trinajstić information content (AvgIpc) is 3.05. The van der Waals surface area contributed by atoms with Gasteiger partial charge in [-0.25, -0.2) is 4.79 Å². The van der Waals surface area contributed by atoms with Gasteiger partial charge in [-0.1, -0.05) is 49.0 Å². The summed E-state index contributed by atoms with van der Waals surface area (Å²) in [5.41, 5.74) is 4.74. The topological polar surface area (TPSA) is 71.6 Å². The second kappa shape index (κ2) is 12.3. The number of hydrogen-bond donors (Lipinski definition) is 0. The van der Waals surface area contributed by atoms with Gasteiger partial charge in [-0.3, -0.25) is 9.69 Å². The van der Waals surface area contributed by atoms with E-state index in [0.29, 0.717) is 57.8 Å². The van der Waals surface area contributed by atoms with E-state index >= 15 is 0 Å². The fourth-order valence-electron chi connectivity index (χ4n) is 6.30. The quantitative estimate of drug-likeness (QED) is 0.385. The number of methoxy groups -OCH3 is 3. The van der Waals surface area contributed by atoms with Crippen molar-refractivity contribution in [3.8, 4) is 11.5 Å². The molecule has 0 aliphatic carbocycles. The van der Waals surface area contributed by atoms with Crippen LogP contribution >= 0.6 is 0 Å². The monoisotopic (exact) mass is 549 g/mol. The molecule has 216 valence electrons. The van der Waals surface area contributed by atoms with Crippen LogP contribution in [0.3, 0.4) is 0 Å². The number of amides is 3. The number of likely N-dealkylation sites (tertiary alicyclic amines) is 1. The molecule has 0 bridgehead atoms. The fraction of sp³-hybridized carbons (Fsp3) is 0.500. The fourth-order valence-corrected chi connectivity index (χ4v) is 6.30. The molecule has 2 fully saturated rings. The zero-order chi connectivity index (χ0) is 29.0. The smallest absolute Gasteiger partial charge is 0.325 e. The van der Waals surface area contributed by atoms with Crippen LogP contribution in [0, 0.1) is 0 Å². The first-order valence-corrected chi connectivity index (χ1v) is 14.0. The third-order valence-electron chi connectivity index (χ3n) is 8.43. The number of urea groups is 1. The van der Waals surface area contributed by atoms with E-state index in [4.69, 9.17) is 14.2 Å². The van der Waals surface area contributed by atoms with Crippen molar-refractivity contribution in [1.82, 2.24) is 14.7 Å². The molecular weight excluding hydrogens is 506 g/mol. The minimum Gasteiger partial charge on any atom is -0.497 e. The Balaban J connectivity index is 1.62. The van der Waals surface area contributed by atoms with Crippen molar-refractivity contribution in [3.63, 3.8) is 0 Å². The van der Waals surface area contributed by atoms with Crippen molar-refractivity contribution in [3.05, 3.63) is 71.0 Å². The van der Waals surface area contributed by atoms with Gasteiger partial charge >= 0.3 is 6.03 Å². The number of benzene rings is 1. The van der Waals surface area contributed by atoms with Gasteiger partial charge in [0.25, 0.3) is 0 Å². The van der Waals surface area contributed by atoms with E-state index in [-0.39, 0.29) is 17.9 Å². The van der Waals surface area contributed by atoms with Crippen molar-refractivity contribution in [1.29, 1.82) is 0 Å². The number of allylic oxidation sites excluding steroid dienone is 5. The SMILES string of the molecule is C=C/C(C)=C\C(C)=C/CC(=O)N1CCC2(CC1)C1=C[C@H](C)c3c(cc(OC)cc3OC)CN1C(=O)N2CCOC. The molecule has 2 saturated heterocycles. The molecule has 40 heavy (non-hydrogen) atoms. The van der Waals surface area contributed by atoms with Crippen molar-refractivity contribution in [2.24, 2.45) is 0 Å². The number of ether oxygens (including phenoxy) is 3. The number of piperidine rings is 1. The summed E-state index contributed by atoms with van der Waals surface area (Å²) in [6, 6.07) is 3.89. The summed E-state index contributed by atoms with van der Waals surface area (Å²) in [6.45, 7) is 12.5. The largest absolute Gasteiger partial charge is 0.497 e. The average molecular weight is 550 g/mol. The minimum absolute atomic E-state index is 0.0205. The van der Waals surface area contributed by atoms with E-state index in [9.17, 15) is 9.59 Å². The Hall–Kier alpha value is -3.52. The van der Waals surface area contributed by atoms with Crippen LogP contribution in [-0.2, 0) is 16.1 Å². The maximum atomic E-state index is 14.0. The summed E-state index contributed by atoms with van der Waals surface area (Å²) in [5, 5.41) is 0. The number of rotatable bonds is 9. The van der Waals surface area contributed by atoms with Gasteiger partial charge < -0.3 is 24.0 Å². The standard InChI is InChI=1S/C32H43N3O5/c1-8-22(2)17-23(3)9-10-29(36)33-13-11-32(12-14-33)28-18-24(4)30-25(19-26(39-6)20-27(30)40-7)21-34(28)31(37)35(32)15-16-38-5/h8-9,17-20,24H,1,10-16,21H2,2-7H3/b22-17-,23-9-/t24-/m0/s1.